The van der Waals surface area contributed by atoms with Crippen molar-refractivity contribution in [3.8, 4) is 11.3 Å². The van der Waals surface area contributed by atoms with Crippen LogP contribution in [-0.2, 0) is 4.74 Å². The molecule has 15 heteroatoms. The lowest BCUT2D eigenvalue weighted by atomic mass is 9.79. The minimum atomic E-state index is -2.91. The molecule has 0 amide bonds. The lowest BCUT2D eigenvalue weighted by Crippen LogP contribution is -2.54. The first-order chi connectivity index (χ1) is 19.9. The number of benzene rings is 1. The highest BCUT2D eigenvalue weighted by molar-refractivity contribution is 8.18. The highest BCUT2D eigenvalue weighted by Crippen LogP contribution is 2.61. The molecule has 1 aromatic carbocycles. The molecule has 3 N–H and O–H groups in total. The summed E-state index contributed by atoms with van der Waals surface area (Å²) in [6.45, 7) is 1.20. The van der Waals surface area contributed by atoms with Gasteiger partial charge in [-0.25, -0.2) is 37.5 Å². The van der Waals surface area contributed by atoms with Crippen LogP contribution in [0.2, 0.25) is 0 Å². The second-order valence-corrected chi connectivity index (χ2v) is 13.5. The van der Waals surface area contributed by atoms with Crippen molar-refractivity contribution in [1.82, 2.24) is 25.0 Å². The molecule has 0 spiro atoms. The quantitative estimate of drug-likeness (QED) is 0.181. The molecule has 0 bridgehead atoms. The average Bonchev–Trinajstić information content (AvgIpc) is 3.44. The van der Waals surface area contributed by atoms with Gasteiger partial charge in [-0.2, -0.15) is 0 Å². The standard InChI is InChI=1S/C27H32F5N5O4S/c1-14-22(34-8-7-33-14)25(26(40)3-5-27(31,32)6-4-26)42-13-19(41-2)23(24(39)20(42)12-38)37-11-18(35-36-37)15-9-16(28)21(30)17(29)10-15/h7-11,19-20,23-25,38-40,42H,3-6,12-13H2,1-2H3/t19-,20+,23+,24-,25+/m0/s1. The van der Waals surface area contributed by atoms with E-state index >= 15 is 0 Å². The molecule has 1 saturated heterocycles. The van der Waals surface area contributed by atoms with Crippen molar-refractivity contribution in [2.75, 3.05) is 19.5 Å². The number of halogens is 5. The second-order valence-electron chi connectivity index (χ2n) is 10.9. The van der Waals surface area contributed by atoms with E-state index < -0.39 is 88.1 Å². The Hall–Kier alpha value is -2.72. The predicted molar refractivity (Wildman–Crippen MR) is 144 cm³/mol. The summed E-state index contributed by atoms with van der Waals surface area (Å²) in [5, 5.41) is 40.5. The van der Waals surface area contributed by atoms with Gasteiger partial charge in [0.1, 0.15) is 11.7 Å². The molecule has 3 heterocycles. The number of aromatic nitrogens is 5. The van der Waals surface area contributed by atoms with E-state index in [-0.39, 0.29) is 29.9 Å². The molecule has 1 unspecified atom stereocenters. The zero-order chi connectivity index (χ0) is 30.4. The number of rotatable bonds is 7. The van der Waals surface area contributed by atoms with Gasteiger partial charge in [0.2, 0.25) is 5.92 Å². The Morgan fingerprint density at radius 1 is 1.10 bits per heavy atom. The van der Waals surface area contributed by atoms with Gasteiger partial charge in [0.05, 0.1) is 47.3 Å². The highest BCUT2D eigenvalue weighted by Gasteiger charge is 2.54. The first kappa shape index (κ1) is 30.7. The van der Waals surface area contributed by atoms with Crippen LogP contribution in [0.25, 0.3) is 11.3 Å². The van der Waals surface area contributed by atoms with Crippen molar-refractivity contribution in [3.63, 3.8) is 0 Å². The molecule has 2 aliphatic rings. The van der Waals surface area contributed by atoms with Crippen LogP contribution in [-0.4, -0.2) is 88.7 Å². The average molecular weight is 618 g/mol. The Kier molecular flexibility index (Phi) is 8.60. The van der Waals surface area contributed by atoms with E-state index in [1.54, 1.807) is 6.92 Å². The minimum Gasteiger partial charge on any atom is -0.395 e. The largest absolute Gasteiger partial charge is 0.395 e. The molecule has 2 aromatic heterocycles. The zero-order valence-corrected chi connectivity index (χ0v) is 23.7. The molecule has 6 atom stereocenters. The summed E-state index contributed by atoms with van der Waals surface area (Å²) in [6.07, 6.45) is 0.759. The molecule has 230 valence electrons. The first-order valence-electron chi connectivity index (χ1n) is 13.4. The number of ether oxygens (including phenoxy) is 1. The van der Waals surface area contributed by atoms with Crippen LogP contribution >= 0.6 is 10.9 Å². The van der Waals surface area contributed by atoms with Crippen LogP contribution in [0.5, 0.6) is 0 Å². The van der Waals surface area contributed by atoms with Gasteiger partial charge < -0.3 is 20.1 Å². The molecule has 2 fully saturated rings. The summed E-state index contributed by atoms with van der Waals surface area (Å²) in [4.78, 5) is 8.78. The van der Waals surface area contributed by atoms with Gasteiger partial charge in [0.25, 0.3) is 0 Å². The molecule has 9 nitrogen and oxygen atoms in total. The van der Waals surface area contributed by atoms with E-state index in [4.69, 9.17) is 4.74 Å². The summed E-state index contributed by atoms with van der Waals surface area (Å²) in [5.41, 5.74) is -0.749. The smallest absolute Gasteiger partial charge is 0.248 e. The Labute approximate surface area is 241 Å². The van der Waals surface area contributed by atoms with Gasteiger partial charge >= 0.3 is 0 Å². The molecule has 3 aromatic rings. The fourth-order valence-electron chi connectivity index (χ4n) is 6.13. The van der Waals surface area contributed by atoms with Crippen LogP contribution < -0.4 is 0 Å². The Morgan fingerprint density at radius 3 is 2.33 bits per heavy atom. The highest BCUT2D eigenvalue weighted by atomic mass is 32.2. The van der Waals surface area contributed by atoms with Crippen molar-refractivity contribution < 1.29 is 42.0 Å². The topological polar surface area (TPSA) is 126 Å². The normalized spacial score (nSPS) is 28.9. The van der Waals surface area contributed by atoms with Gasteiger partial charge in [0.15, 0.2) is 17.5 Å². The first-order valence-corrected chi connectivity index (χ1v) is 15.1. The van der Waals surface area contributed by atoms with Crippen LogP contribution in [0.4, 0.5) is 22.0 Å². The van der Waals surface area contributed by atoms with E-state index in [1.165, 1.54) is 30.4 Å². The molecule has 0 radical (unpaired) electrons. The number of hydrogen-bond acceptors (Lipinski definition) is 8. The number of aryl methyl sites for hydroxylation is 1. The van der Waals surface area contributed by atoms with Crippen molar-refractivity contribution in [2.24, 2.45) is 0 Å². The lowest BCUT2D eigenvalue weighted by Gasteiger charge is -2.53. The van der Waals surface area contributed by atoms with E-state index in [1.807, 2.05) is 0 Å². The number of alkyl halides is 2. The maximum absolute atomic E-state index is 14.2. The zero-order valence-electron chi connectivity index (χ0n) is 22.8. The fourth-order valence-corrected chi connectivity index (χ4v) is 10.00. The van der Waals surface area contributed by atoms with Gasteiger partial charge in [0, 0.05) is 48.9 Å². The number of aliphatic hydroxyl groups excluding tert-OH is 2. The Balaban J connectivity index is 1.52. The van der Waals surface area contributed by atoms with E-state index in [0.29, 0.717) is 11.4 Å². The van der Waals surface area contributed by atoms with Crippen molar-refractivity contribution in [3.05, 3.63) is 59.6 Å². The minimum absolute atomic E-state index is 0.00810. The van der Waals surface area contributed by atoms with E-state index in [0.717, 1.165) is 12.1 Å². The molecule has 1 saturated carbocycles. The molecule has 5 rings (SSSR count). The number of hydrogen-bond donors (Lipinski definition) is 4. The van der Waals surface area contributed by atoms with Crippen molar-refractivity contribution in [2.45, 2.75) is 72.9 Å². The maximum atomic E-state index is 14.2. The summed E-state index contributed by atoms with van der Waals surface area (Å²) in [5.74, 6) is -7.12. The van der Waals surface area contributed by atoms with Gasteiger partial charge in [-0.05, 0) is 31.9 Å². The van der Waals surface area contributed by atoms with Crippen LogP contribution in [0, 0.1) is 24.4 Å². The summed E-state index contributed by atoms with van der Waals surface area (Å²) in [7, 11) is -0.154. The third kappa shape index (κ3) is 5.64. The number of aliphatic hydroxyl groups is 3. The number of nitrogens with zero attached hydrogens (tertiary/aromatic N) is 5. The number of methoxy groups -OCH3 is 1. The molecular weight excluding hydrogens is 585 g/mol. The van der Waals surface area contributed by atoms with Crippen LogP contribution in [0.3, 0.4) is 0 Å². The summed E-state index contributed by atoms with van der Waals surface area (Å²) in [6, 6.07) is 0.627. The Morgan fingerprint density at radius 2 is 1.74 bits per heavy atom. The molecule has 1 aliphatic heterocycles. The van der Waals surface area contributed by atoms with Gasteiger partial charge in [-0.15, -0.1) is 5.10 Å². The van der Waals surface area contributed by atoms with Crippen molar-refractivity contribution in [1.29, 1.82) is 0 Å². The number of thiol groups is 1. The van der Waals surface area contributed by atoms with Gasteiger partial charge in [-0.1, -0.05) is 5.21 Å². The SMILES string of the molecule is CO[C@H]1C[SH]([C@H](c2nccnc2C)C2(O)CCC(F)(F)CC2)[C@H](CO)[C@H](O)[C@@H]1n1cc(-c2cc(F)c(F)c(F)c2)nn1. The lowest BCUT2D eigenvalue weighted by molar-refractivity contribution is -0.105. The van der Waals surface area contributed by atoms with E-state index in [9.17, 15) is 37.3 Å². The third-order valence-electron chi connectivity index (χ3n) is 8.39. The van der Waals surface area contributed by atoms with Crippen molar-refractivity contribution >= 4 is 10.9 Å². The monoisotopic (exact) mass is 617 g/mol. The maximum Gasteiger partial charge on any atom is 0.248 e. The fraction of sp³-hybridized carbons (Fsp3) is 0.556. The Bertz CT molecular complexity index is 1400. The third-order valence-corrected chi connectivity index (χ3v) is 11.9. The van der Waals surface area contributed by atoms with Gasteiger partial charge in [-0.3, -0.25) is 9.97 Å². The summed E-state index contributed by atoms with van der Waals surface area (Å²) < 4.78 is 76.6. The van der Waals surface area contributed by atoms with Crippen LogP contribution in [0.1, 0.15) is 48.4 Å². The summed E-state index contributed by atoms with van der Waals surface area (Å²) >= 11 is 0. The molecule has 42 heavy (non-hydrogen) atoms. The van der Waals surface area contributed by atoms with E-state index in [2.05, 4.69) is 20.3 Å². The molecule has 1 aliphatic carbocycles. The van der Waals surface area contributed by atoms with Crippen LogP contribution in [0.15, 0.2) is 30.7 Å². The molecular formula is C27H32F5N5O4S. The second kappa shape index (κ2) is 11.8. The predicted octanol–water partition coefficient (Wildman–Crippen LogP) is 3.44.